The van der Waals surface area contributed by atoms with Crippen LogP contribution in [0.3, 0.4) is 0 Å². The highest BCUT2D eigenvalue weighted by molar-refractivity contribution is 5.88. The van der Waals surface area contributed by atoms with Gasteiger partial charge in [0, 0.05) is 18.2 Å². The zero-order valence-corrected chi connectivity index (χ0v) is 13.6. The predicted molar refractivity (Wildman–Crippen MR) is 85.3 cm³/mol. The molecule has 4 nitrogen and oxygen atoms in total. The van der Waals surface area contributed by atoms with Gasteiger partial charge in [-0.3, -0.25) is 4.90 Å². The minimum absolute atomic E-state index is 0.180. The number of hydrogen-bond acceptors (Lipinski definition) is 4. The highest BCUT2D eigenvalue weighted by atomic mass is 16.5. The zero-order valence-electron chi connectivity index (χ0n) is 13.6. The summed E-state index contributed by atoms with van der Waals surface area (Å²) in [4.78, 5) is 16.7. The monoisotopic (exact) mass is 294 g/mol. The average molecular weight is 294 g/mol. The Hall–Kier alpha value is -0.870. The number of likely N-dealkylation sites (tertiary alicyclic amines) is 2. The molecule has 0 aromatic rings. The number of nitrogens with zero attached hydrogens (tertiary/aromatic N) is 2. The number of piperidine rings is 2. The summed E-state index contributed by atoms with van der Waals surface area (Å²) in [6.45, 7) is 7.78. The Morgan fingerprint density at radius 3 is 2.38 bits per heavy atom. The molecule has 0 atom stereocenters. The first-order valence-electron chi connectivity index (χ1n) is 8.48. The molecule has 0 N–H and O–H groups in total. The Bertz CT molecular complexity index is 354. The van der Waals surface area contributed by atoms with Gasteiger partial charge in [-0.2, -0.15) is 0 Å². The smallest absolute Gasteiger partial charge is 0.333 e. The van der Waals surface area contributed by atoms with Crippen molar-refractivity contribution in [3.05, 3.63) is 11.6 Å². The topological polar surface area (TPSA) is 32.8 Å². The van der Waals surface area contributed by atoms with Gasteiger partial charge >= 0.3 is 5.97 Å². The van der Waals surface area contributed by atoms with Crippen molar-refractivity contribution in [1.82, 2.24) is 9.80 Å². The predicted octanol–water partition coefficient (Wildman–Crippen LogP) is 2.45. The summed E-state index contributed by atoms with van der Waals surface area (Å²) in [6, 6.07) is 0.789. The summed E-state index contributed by atoms with van der Waals surface area (Å²) in [5.74, 6) is -0.180. The maximum atomic E-state index is 11.6. The first-order chi connectivity index (χ1) is 10.2. The van der Waals surface area contributed by atoms with E-state index < -0.39 is 0 Å². The number of ether oxygens (including phenoxy) is 1. The molecule has 0 aromatic heterocycles. The average Bonchev–Trinajstić information content (AvgIpc) is 2.56. The van der Waals surface area contributed by atoms with E-state index in [4.69, 9.17) is 4.74 Å². The van der Waals surface area contributed by atoms with Crippen molar-refractivity contribution in [3.8, 4) is 0 Å². The van der Waals surface area contributed by atoms with Crippen LogP contribution in [0.2, 0.25) is 0 Å². The summed E-state index contributed by atoms with van der Waals surface area (Å²) in [5, 5.41) is 0. The molecular weight excluding hydrogens is 264 g/mol. The Kier molecular flexibility index (Phi) is 6.71. The lowest BCUT2D eigenvalue weighted by atomic mass is 10.00. The molecule has 0 aliphatic carbocycles. The second-order valence-corrected chi connectivity index (χ2v) is 6.20. The van der Waals surface area contributed by atoms with Crippen LogP contribution in [0.4, 0.5) is 0 Å². The van der Waals surface area contributed by atoms with E-state index in [1.165, 1.54) is 52.3 Å². The van der Waals surface area contributed by atoms with Gasteiger partial charge in [0.2, 0.25) is 0 Å². The summed E-state index contributed by atoms with van der Waals surface area (Å²) in [5.41, 5.74) is 0.802. The SMILES string of the molecule is CCC(=CCN1CCC(N2CCCCC2)CC1)C(=O)OC. The van der Waals surface area contributed by atoms with Gasteiger partial charge in [0.15, 0.2) is 0 Å². The molecule has 2 rings (SSSR count). The van der Waals surface area contributed by atoms with E-state index in [0.717, 1.165) is 37.7 Å². The van der Waals surface area contributed by atoms with Crippen molar-refractivity contribution < 1.29 is 9.53 Å². The number of rotatable bonds is 5. The summed E-state index contributed by atoms with van der Waals surface area (Å²) in [6.07, 6.45) is 9.50. The first kappa shape index (κ1) is 16.5. The highest BCUT2D eigenvalue weighted by Gasteiger charge is 2.25. The molecule has 0 amide bonds. The molecule has 2 aliphatic heterocycles. The maximum Gasteiger partial charge on any atom is 0.333 e. The number of esters is 1. The Morgan fingerprint density at radius 1 is 1.14 bits per heavy atom. The molecule has 2 aliphatic rings. The zero-order chi connectivity index (χ0) is 15.1. The molecule has 2 fully saturated rings. The van der Waals surface area contributed by atoms with Crippen molar-refractivity contribution in [2.45, 2.75) is 51.5 Å². The molecule has 4 heteroatoms. The van der Waals surface area contributed by atoms with Gasteiger partial charge in [-0.05, 0) is 58.3 Å². The fourth-order valence-electron chi connectivity index (χ4n) is 3.49. The van der Waals surface area contributed by atoms with Crippen LogP contribution in [0.25, 0.3) is 0 Å². The van der Waals surface area contributed by atoms with Gasteiger partial charge < -0.3 is 9.64 Å². The maximum absolute atomic E-state index is 11.6. The Balaban J connectivity index is 1.75. The second kappa shape index (κ2) is 8.54. The summed E-state index contributed by atoms with van der Waals surface area (Å²) in [7, 11) is 1.45. The van der Waals surface area contributed by atoms with E-state index in [-0.39, 0.29) is 5.97 Å². The molecule has 0 unspecified atom stereocenters. The number of carbonyl (C=O) groups excluding carboxylic acids is 1. The normalized spacial score (nSPS) is 23.2. The molecule has 0 saturated carbocycles. The van der Waals surface area contributed by atoms with Crippen LogP contribution in [0.5, 0.6) is 0 Å². The van der Waals surface area contributed by atoms with Crippen molar-refractivity contribution >= 4 is 5.97 Å². The van der Waals surface area contributed by atoms with Crippen molar-refractivity contribution in [2.75, 3.05) is 39.8 Å². The molecule has 0 radical (unpaired) electrons. The minimum atomic E-state index is -0.180. The van der Waals surface area contributed by atoms with Crippen LogP contribution in [-0.2, 0) is 9.53 Å². The Labute approximate surface area is 129 Å². The standard InChI is InChI=1S/C17H30N2O2/c1-3-15(17(20)21-2)7-12-18-13-8-16(9-14-18)19-10-5-4-6-11-19/h7,16H,3-6,8-14H2,1-2H3. The van der Waals surface area contributed by atoms with Crippen LogP contribution >= 0.6 is 0 Å². The highest BCUT2D eigenvalue weighted by Crippen LogP contribution is 2.20. The van der Waals surface area contributed by atoms with Gasteiger partial charge in [-0.1, -0.05) is 19.4 Å². The van der Waals surface area contributed by atoms with Gasteiger partial charge in [0.05, 0.1) is 7.11 Å². The van der Waals surface area contributed by atoms with E-state index in [1.54, 1.807) is 0 Å². The lowest BCUT2D eigenvalue weighted by molar-refractivity contribution is -0.136. The van der Waals surface area contributed by atoms with Crippen molar-refractivity contribution in [2.24, 2.45) is 0 Å². The largest absolute Gasteiger partial charge is 0.466 e. The molecule has 2 heterocycles. The molecule has 21 heavy (non-hydrogen) atoms. The summed E-state index contributed by atoms with van der Waals surface area (Å²) < 4.78 is 4.81. The molecule has 2 saturated heterocycles. The third kappa shape index (κ3) is 4.82. The van der Waals surface area contributed by atoms with E-state index in [1.807, 2.05) is 13.0 Å². The van der Waals surface area contributed by atoms with Crippen LogP contribution in [0, 0.1) is 0 Å². The molecule has 120 valence electrons. The van der Waals surface area contributed by atoms with Crippen molar-refractivity contribution in [1.29, 1.82) is 0 Å². The Morgan fingerprint density at radius 2 is 1.81 bits per heavy atom. The van der Waals surface area contributed by atoms with Gasteiger partial charge in [-0.15, -0.1) is 0 Å². The summed E-state index contributed by atoms with van der Waals surface area (Å²) >= 11 is 0. The third-order valence-corrected chi connectivity index (χ3v) is 4.89. The quantitative estimate of drug-likeness (QED) is 0.576. The first-order valence-corrected chi connectivity index (χ1v) is 8.48. The van der Waals surface area contributed by atoms with Crippen LogP contribution in [0.15, 0.2) is 11.6 Å². The van der Waals surface area contributed by atoms with Gasteiger partial charge in [0.25, 0.3) is 0 Å². The van der Waals surface area contributed by atoms with Crippen LogP contribution < -0.4 is 0 Å². The van der Waals surface area contributed by atoms with Crippen LogP contribution in [-0.4, -0.2) is 61.6 Å². The lowest BCUT2D eigenvalue weighted by Crippen LogP contribution is -2.46. The van der Waals surface area contributed by atoms with E-state index in [0.29, 0.717) is 0 Å². The fourth-order valence-corrected chi connectivity index (χ4v) is 3.49. The fraction of sp³-hybridized carbons (Fsp3) is 0.824. The van der Waals surface area contributed by atoms with E-state index in [2.05, 4.69) is 9.80 Å². The molecular formula is C17H30N2O2. The number of carbonyl (C=O) groups is 1. The molecule has 0 aromatic carbocycles. The van der Waals surface area contributed by atoms with Gasteiger partial charge in [-0.25, -0.2) is 4.79 Å². The minimum Gasteiger partial charge on any atom is -0.466 e. The number of methoxy groups -OCH3 is 1. The third-order valence-electron chi connectivity index (χ3n) is 4.89. The lowest BCUT2D eigenvalue weighted by Gasteiger charge is -2.40. The van der Waals surface area contributed by atoms with Gasteiger partial charge in [0.1, 0.15) is 0 Å². The second-order valence-electron chi connectivity index (χ2n) is 6.20. The van der Waals surface area contributed by atoms with Crippen LogP contribution in [0.1, 0.15) is 45.4 Å². The van der Waals surface area contributed by atoms with Crippen molar-refractivity contribution in [3.63, 3.8) is 0 Å². The molecule has 0 spiro atoms. The van der Waals surface area contributed by atoms with E-state index in [9.17, 15) is 4.79 Å². The number of hydrogen-bond donors (Lipinski definition) is 0. The van der Waals surface area contributed by atoms with E-state index >= 15 is 0 Å². The molecule has 0 bridgehead atoms.